The summed E-state index contributed by atoms with van der Waals surface area (Å²) in [5.41, 5.74) is 3.28. The van der Waals surface area contributed by atoms with Crippen molar-refractivity contribution in [3.05, 3.63) is 53.3 Å². The lowest BCUT2D eigenvalue weighted by atomic mass is 9.97. The molecular weight excluding hydrogens is 380 g/mol. The molecule has 2 aromatic heterocycles. The molecule has 1 amide bonds. The Morgan fingerprint density at radius 2 is 1.93 bits per heavy atom. The van der Waals surface area contributed by atoms with Gasteiger partial charge >= 0.3 is 5.97 Å². The topological polar surface area (TPSA) is 86.1 Å². The molecular formula is C23H26N4O3. The third-order valence-electron chi connectivity index (χ3n) is 5.38. The molecule has 30 heavy (non-hydrogen) atoms. The van der Waals surface area contributed by atoms with Gasteiger partial charge in [-0.2, -0.15) is 5.10 Å². The lowest BCUT2D eigenvalue weighted by molar-refractivity contribution is -0.119. The molecule has 1 aromatic carbocycles. The molecule has 7 heteroatoms. The van der Waals surface area contributed by atoms with E-state index in [1.165, 1.54) is 0 Å². The predicted molar refractivity (Wildman–Crippen MR) is 115 cm³/mol. The van der Waals surface area contributed by atoms with E-state index in [1.807, 2.05) is 38.1 Å². The molecule has 0 radical (unpaired) electrons. The second-order valence-electron chi connectivity index (χ2n) is 7.87. The van der Waals surface area contributed by atoms with Crippen molar-refractivity contribution < 1.29 is 14.3 Å². The fraction of sp³-hybridized carbons (Fsp3) is 0.391. The number of aromatic nitrogens is 3. The van der Waals surface area contributed by atoms with Crippen molar-refractivity contribution in [1.82, 2.24) is 14.8 Å². The van der Waals surface area contributed by atoms with E-state index in [0.29, 0.717) is 11.4 Å². The number of carbonyl (C=O) groups excluding carboxylic acids is 2. The number of nitrogens with one attached hydrogen (secondary N) is 1. The zero-order chi connectivity index (χ0) is 21.1. The highest BCUT2D eigenvalue weighted by Gasteiger charge is 2.23. The number of fused-ring (bicyclic) bond motifs is 2. The Labute approximate surface area is 175 Å². The van der Waals surface area contributed by atoms with E-state index >= 15 is 0 Å². The second kappa shape index (κ2) is 8.65. The maximum atomic E-state index is 13.1. The summed E-state index contributed by atoms with van der Waals surface area (Å²) >= 11 is 0. The minimum atomic E-state index is -0.473. The normalized spacial score (nSPS) is 13.7. The Kier molecular flexibility index (Phi) is 5.79. The van der Waals surface area contributed by atoms with E-state index in [1.54, 1.807) is 16.9 Å². The number of hydrogen-bond acceptors (Lipinski definition) is 5. The van der Waals surface area contributed by atoms with Gasteiger partial charge in [-0.15, -0.1) is 0 Å². The van der Waals surface area contributed by atoms with Gasteiger partial charge in [-0.1, -0.05) is 24.6 Å². The molecule has 0 fully saturated rings. The first kappa shape index (κ1) is 20.1. The number of rotatable bonds is 5. The highest BCUT2D eigenvalue weighted by atomic mass is 16.5. The Morgan fingerprint density at radius 1 is 1.13 bits per heavy atom. The molecule has 0 saturated carbocycles. The number of anilines is 1. The van der Waals surface area contributed by atoms with Crippen LogP contribution in [0.4, 0.5) is 5.82 Å². The summed E-state index contributed by atoms with van der Waals surface area (Å²) in [6.07, 6.45) is 6.50. The van der Waals surface area contributed by atoms with Crippen molar-refractivity contribution in [3.8, 4) is 0 Å². The van der Waals surface area contributed by atoms with Crippen LogP contribution in [0.3, 0.4) is 0 Å². The lowest BCUT2D eigenvalue weighted by Crippen LogP contribution is -2.23. The van der Waals surface area contributed by atoms with Crippen LogP contribution >= 0.6 is 0 Å². The zero-order valence-corrected chi connectivity index (χ0v) is 17.4. The van der Waals surface area contributed by atoms with E-state index in [0.717, 1.165) is 54.3 Å². The largest absolute Gasteiger partial charge is 0.452 e. The van der Waals surface area contributed by atoms with Crippen LogP contribution in [0.15, 0.2) is 36.5 Å². The van der Waals surface area contributed by atoms with Crippen molar-refractivity contribution in [1.29, 1.82) is 0 Å². The van der Waals surface area contributed by atoms with Gasteiger partial charge in [-0.05, 0) is 51.2 Å². The quantitative estimate of drug-likeness (QED) is 0.510. The number of amides is 1. The van der Waals surface area contributed by atoms with Crippen molar-refractivity contribution in [2.24, 2.45) is 0 Å². The van der Waals surface area contributed by atoms with Crippen LogP contribution in [0.5, 0.6) is 0 Å². The molecule has 1 N–H and O–H groups in total. The van der Waals surface area contributed by atoms with Crippen molar-refractivity contribution in [2.75, 3.05) is 11.9 Å². The summed E-state index contributed by atoms with van der Waals surface area (Å²) < 4.78 is 7.15. The fourth-order valence-corrected chi connectivity index (χ4v) is 3.99. The first-order chi connectivity index (χ1) is 14.5. The summed E-state index contributed by atoms with van der Waals surface area (Å²) in [6.45, 7) is 3.60. The number of nitrogens with zero attached hydrogens (tertiary/aromatic N) is 3. The first-order valence-corrected chi connectivity index (χ1v) is 10.5. The summed E-state index contributed by atoms with van der Waals surface area (Å²) in [7, 11) is 0. The van der Waals surface area contributed by atoms with Gasteiger partial charge in [0, 0.05) is 23.2 Å². The third-order valence-corrected chi connectivity index (χ3v) is 5.38. The van der Waals surface area contributed by atoms with Crippen molar-refractivity contribution in [3.63, 3.8) is 0 Å². The maximum absolute atomic E-state index is 13.1. The van der Waals surface area contributed by atoms with E-state index in [2.05, 4.69) is 10.4 Å². The van der Waals surface area contributed by atoms with Crippen LogP contribution in [-0.2, 0) is 22.4 Å². The lowest BCUT2D eigenvalue weighted by Gasteiger charge is -2.15. The average molecular weight is 406 g/mol. The van der Waals surface area contributed by atoms with Crippen LogP contribution in [-0.4, -0.2) is 33.2 Å². The Hall–Kier alpha value is -3.22. The molecule has 0 unspecified atom stereocenters. The summed E-state index contributed by atoms with van der Waals surface area (Å²) in [4.78, 5) is 30.3. The summed E-state index contributed by atoms with van der Waals surface area (Å²) in [6, 6.07) is 9.44. The third kappa shape index (κ3) is 4.06. The molecule has 7 nitrogen and oxygen atoms in total. The number of ether oxygens (including phenoxy) is 1. The van der Waals surface area contributed by atoms with E-state index < -0.39 is 11.9 Å². The Morgan fingerprint density at radius 3 is 2.77 bits per heavy atom. The van der Waals surface area contributed by atoms with E-state index in [4.69, 9.17) is 9.72 Å². The number of para-hydroxylation sites is 1. The average Bonchev–Trinajstić information content (AvgIpc) is 3.07. The molecule has 1 aliphatic carbocycles. The van der Waals surface area contributed by atoms with Gasteiger partial charge in [-0.3, -0.25) is 9.78 Å². The molecule has 0 spiro atoms. The van der Waals surface area contributed by atoms with Crippen LogP contribution in [0.1, 0.15) is 60.8 Å². The molecule has 156 valence electrons. The Bertz CT molecular complexity index is 1090. The molecule has 0 saturated heterocycles. The molecule has 3 aromatic rings. The minimum Gasteiger partial charge on any atom is -0.452 e. The zero-order valence-electron chi connectivity index (χ0n) is 17.4. The second-order valence-corrected chi connectivity index (χ2v) is 7.87. The van der Waals surface area contributed by atoms with Gasteiger partial charge in [0.05, 0.1) is 17.3 Å². The molecule has 1 aliphatic rings. The maximum Gasteiger partial charge on any atom is 0.339 e. The molecule has 0 bridgehead atoms. The molecule has 4 rings (SSSR count). The highest BCUT2D eigenvalue weighted by molar-refractivity contribution is 6.06. The van der Waals surface area contributed by atoms with E-state index in [9.17, 15) is 9.59 Å². The standard InChI is InChI=1S/C23H26N4O3/c1-15(2)27-20(12-13-24-27)26-21(28)14-30-23(29)22-16-8-4-3-5-10-18(16)25-19-11-7-6-9-17(19)22/h6-7,9,11-13,15H,3-5,8,10,14H2,1-2H3,(H,26,28). The molecule has 0 aliphatic heterocycles. The smallest absolute Gasteiger partial charge is 0.339 e. The van der Waals surface area contributed by atoms with Crippen LogP contribution in [0.2, 0.25) is 0 Å². The van der Waals surface area contributed by atoms with Crippen molar-refractivity contribution >= 4 is 28.6 Å². The number of aryl methyl sites for hydroxylation is 1. The monoisotopic (exact) mass is 406 g/mol. The Balaban J connectivity index is 1.55. The molecule has 0 atom stereocenters. The van der Waals surface area contributed by atoms with Gasteiger partial charge in [-0.25, -0.2) is 9.48 Å². The van der Waals surface area contributed by atoms with Gasteiger partial charge in [0.1, 0.15) is 5.82 Å². The van der Waals surface area contributed by atoms with E-state index in [-0.39, 0.29) is 12.6 Å². The number of carbonyl (C=O) groups is 2. The van der Waals surface area contributed by atoms with Gasteiger partial charge in [0.2, 0.25) is 0 Å². The van der Waals surface area contributed by atoms with Crippen LogP contribution < -0.4 is 5.32 Å². The minimum absolute atomic E-state index is 0.108. The van der Waals surface area contributed by atoms with Crippen LogP contribution in [0.25, 0.3) is 10.9 Å². The summed E-state index contributed by atoms with van der Waals surface area (Å²) in [5.74, 6) is -0.288. The van der Waals surface area contributed by atoms with Gasteiger partial charge < -0.3 is 10.1 Å². The number of benzene rings is 1. The van der Waals surface area contributed by atoms with Gasteiger partial charge in [0.25, 0.3) is 5.91 Å². The number of esters is 1. The highest BCUT2D eigenvalue weighted by Crippen LogP contribution is 2.29. The van der Waals surface area contributed by atoms with Gasteiger partial charge in [0.15, 0.2) is 6.61 Å². The first-order valence-electron chi connectivity index (χ1n) is 10.5. The van der Waals surface area contributed by atoms with Crippen LogP contribution in [0, 0.1) is 0 Å². The fourth-order valence-electron chi connectivity index (χ4n) is 3.99. The molecule has 2 heterocycles. The van der Waals surface area contributed by atoms with Crippen molar-refractivity contribution in [2.45, 2.75) is 52.0 Å². The summed E-state index contributed by atoms with van der Waals surface area (Å²) in [5, 5.41) is 7.73. The SMILES string of the molecule is CC(C)n1nccc1NC(=O)COC(=O)c1c2c(nc3ccccc13)CCCCC2. The predicted octanol–water partition coefficient (Wildman–Crippen LogP) is 4.08. The number of pyridine rings is 1. The number of hydrogen-bond donors (Lipinski definition) is 1.